The fourth-order valence-electron chi connectivity index (χ4n) is 1.63. The fraction of sp³-hybridized carbons (Fsp3) is 0.250. The van der Waals surface area contributed by atoms with Gasteiger partial charge in [0.2, 0.25) is 0 Å². The van der Waals surface area contributed by atoms with Crippen LogP contribution in [0.3, 0.4) is 0 Å². The lowest BCUT2D eigenvalue weighted by molar-refractivity contribution is -0.137. The van der Waals surface area contributed by atoms with Crippen molar-refractivity contribution in [2.24, 2.45) is 0 Å². The molecule has 0 aliphatic carbocycles. The number of thiophene rings is 1. The van der Waals surface area contributed by atoms with E-state index in [1.807, 2.05) is 11.4 Å². The van der Waals surface area contributed by atoms with Gasteiger partial charge >= 0.3 is 5.97 Å². The molecule has 1 fully saturated rings. The molecule has 106 valence electrons. The zero-order valence-electron chi connectivity index (χ0n) is 10.2. The largest absolute Gasteiger partial charge is 0.481 e. The van der Waals surface area contributed by atoms with Crippen molar-refractivity contribution in [1.29, 1.82) is 0 Å². The first-order valence-corrected chi connectivity index (χ1v) is 8.58. The molecule has 1 aromatic heterocycles. The number of carbonyl (C=O) groups is 2. The van der Waals surface area contributed by atoms with Crippen molar-refractivity contribution in [3.05, 3.63) is 25.7 Å². The molecule has 1 N–H and O–H groups in total. The van der Waals surface area contributed by atoms with Gasteiger partial charge in [0.25, 0.3) is 5.91 Å². The van der Waals surface area contributed by atoms with Gasteiger partial charge in [0.05, 0.1) is 8.69 Å². The molecule has 1 aliphatic rings. The summed E-state index contributed by atoms with van der Waals surface area (Å²) < 4.78 is 1.49. The minimum atomic E-state index is -0.867. The van der Waals surface area contributed by atoms with Gasteiger partial charge in [-0.15, -0.1) is 11.3 Å². The molecule has 0 aromatic carbocycles. The van der Waals surface area contributed by atoms with Crippen molar-refractivity contribution >= 4 is 73.5 Å². The molecular formula is C12H10BrNO3S3. The maximum Gasteiger partial charge on any atom is 0.303 e. The fourth-order valence-corrected chi connectivity index (χ4v) is 4.07. The Bertz CT molecular complexity index is 597. The van der Waals surface area contributed by atoms with Crippen molar-refractivity contribution in [2.45, 2.75) is 12.8 Å². The zero-order chi connectivity index (χ0) is 14.7. The van der Waals surface area contributed by atoms with E-state index in [1.54, 1.807) is 17.4 Å². The second-order valence-corrected chi connectivity index (χ2v) is 7.98. The molecule has 1 aromatic rings. The summed E-state index contributed by atoms with van der Waals surface area (Å²) in [6.07, 6.45) is 2.24. The topological polar surface area (TPSA) is 57.6 Å². The molecule has 0 saturated carbocycles. The third-order valence-corrected chi connectivity index (χ3v) is 5.43. The van der Waals surface area contributed by atoms with Gasteiger partial charge in [0, 0.05) is 13.0 Å². The van der Waals surface area contributed by atoms with E-state index in [9.17, 15) is 9.59 Å². The monoisotopic (exact) mass is 391 g/mol. The second-order valence-electron chi connectivity index (χ2n) is 4.01. The molecule has 1 saturated heterocycles. The number of thiocarbonyl (C=S) groups is 1. The Morgan fingerprint density at radius 1 is 1.55 bits per heavy atom. The molecule has 0 atom stereocenters. The minimum absolute atomic E-state index is 0.0353. The van der Waals surface area contributed by atoms with Crippen LogP contribution in [0.25, 0.3) is 6.08 Å². The van der Waals surface area contributed by atoms with Gasteiger partial charge in [0.15, 0.2) is 0 Å². The van der Waals surface area contributed by atoms with E-state index in [-0.39, 0.29) is 12.3 Å². The summed E-state index contributed by atoms with van der Waals surface area (Å²) in [6.45, 7) is 0.349. The Morgan fingerprint density at radius 3 is 2.90 bits per heavy atom. The molecule has 4 nitrogen and oxygen atoms in total. The lowest BCUT2D eigenvalue weighted by Gasteiger charge is -2.13. The molecule has 0 unspecified atom stereocenters. The number of amides is 1. The third kappa shape index (κ3) is 3.91. The Kier molecular flexibility index (Phi) is 5.36. The smallest absolute Gasteiger partial charge is 0.303 e. The normalized spacial score (nSPS) is 17.2. The summed E-state index contributed by atoms with van der Waals surface area (Å²) in [5.74, 6) is -1.01. The van der Waals surface area contributed by atoms with Gasteiger partial charge in [-0.1, -0.05) is 24.0 Å². The van der Waals surface area contributed by atoms with E-state index in [0.717, 1.165) is 9.35 Å². The van der Waals surface area contributed by atoms with Crippen LogP contribution >= 0.6 is 51.2 Å². The van der Waals surface area contributed by atoms with E-state index < -0.39 is 5.97 Å². The number of carboxylic acid groups (broad SMARTS) is 1. The predicted octanol–water partition coefficient (Wildman–Crippen LogP) is 3.58. The van der Waals surface area contributed by atoms with E-state index in [0.29, 0.717) is 22.2 Å². The van der Waals surface area contributed by atoms with Crippen LogP contribution in [0.2, 0.25) is 0 Å². The Hall–Kier alpha value is -0.700. The summed E-state index contributed by atoms with van der Waals surface area (Å²) in [4.78, 5) is 24.7. The van der Waals surface area contributed by atoms with Crippen molar-refractivity contribution in [3.8, 4) is 0 Å². The van der Waals surface area contributed by atoms with Gasteiger partial charge in [-0.2, -0.15) is 0 Å². The number of carbonyl (C=O) groups excluding carboxylic acids is 1. The SMILES string of the molecule is O=C(O)CCCN1C(=O)C(=Cc2csc(Br)c2)SC1=S. The molecule has 2 rings (SSSR count). The number of hydrogen-bond donors (Lipinski definition) is 1. The average molecular weight is 392 g/mol. The van der Waals surface area contributed by atoms with Crippen LogP contribution in [-0.4, -0.2) is 32.7 Å². The highest BCUT2D eigenvalue weighted by Gasteiger charge is 2.31. The first-order valence-electron chi connectivity index (χ1n) is 5.68. The highest BCUT2D eigenvalue weighted by atomic mass is 79.9. The zero-order valence-corrected chi connectivity index (χ0v) is 14.2. The van der Waals surface area contributed by atoms with E-state index >= 15 is 0 Å². The molecule has 2 heterocycles. The molecule has 0 spiro atoms. The van der Waals surface area contributed by atoms with Crippen LogP contribution in [0.15, 0.2) is 20.1 Å². The van der Waals surface area contributed by atoms with Gasteiger partial charge in [-0.25, -0.2) is 0 Å². The lowest BCUT2D eigenvalue weighted by atomic mass is 10.2. The minimum Gasteiger partial charge on any atom is -0.481 e. The van der Waals surface area contributed by atoms with Crippen LogP contribution in [0.1, 0.15) is 18.4 Å². The third-order valence-electron chi connectivity index (χ3n) is 2.53. The molecular weight excluding hydrogens is 382 g/mol. The molecule has 0 bridgehead atoms. The maximum absolute atomic E-state index is 12.2. The van der Waals surface area contributed by atoms with Crippen molar-refractivity contribution in [1.82, 2.24) is 4.90 Å². The summed E-state index contributed by atoms with van der Waals surface area (Å²) in [7, 11) is 0. The highest BCUT2D eigenvalue weighted by Crippen LogP contribution is 2.33. The first kappa shape index (κ1) is 15.7. The van der Waals surface area contributed by atoms with Crippen molar-refractivity contribution in [2.75, 3.05) is 6.54 Å². The number of thioether (sulfide) groups is 1. The number of hydrogen-bond acceptors (Lipinski definition) is 5. The molecule has 20 heavy (non-hydrogen) atoms. The number of aliphatic carboxylic acids is 1. The van der Waals surface area contributed by atoms with Gasteiger partial charge < -0.3 is 5.11 Å². The summed E-state index contributed by atoms with van der Waals surface area (Å²) in [5.41, 5.74) is 0.952. The quantitative estimate of drug-likeness (QED) is 0.613. The van der Waals surface area contributed by atoms with Crippen LogP contribution < -0.4 is 0 Å². The standard InChI is InChI=1S/C12H10BrNO3S3/c13-9-5-7(6-19-9)4-8-11(17)14(12(18)20-8)3-1-2-10(15)16/h4-6H,1-3H2,(H,15,16). The van der Waals surface area contributed by atoms with Crippen molar-refractivity contribution in [3.63, 3.8) is 0 Å². The Labute approximate surface area is 138 Å². The summed E-state index contributed by atoms with van der Waals surface area (Å²) >= 11 is 11.3. The van der Waals surface area contributed by atoms with E-state index in [2.05, 4.69) is 15.9 Å². The number of halogens is 1. The Morgan fingerprint density at radius 2 is 2.30 bits per heavy atom. The van der Waals surface area contributed by atoms with Gasteiger partial charge in [0.1, 0.15) is 4.32 Å². The number of carboxylic acids is 1. The summed E-state index contributed by atoms with van der Waals surface area (Å²) in [6, 6.07) is 1.93. The van der Waals surface area contributed by atoms with Crippen LogP contribution in [0.4, 0.5) is 0 Å². The highest BCUT2D eigenvalue weighted by molar-refractivity contribution is 9.11. The molecule has 0 radical (unpaired) electrons. The average Bonchev–Trinajstić information content (AvgIpc) is 2.88. The Balaban J connectivity index is 2.04. The number of rotatable bonds is 5. The predicted molar refractivity (Wildman–Crippen MR) is 88.8 cm³/mol. The first-order chi connectivity index (χ1) is 9.47. The van der Waals surface area contributed by atoms with Crippen molar-refractivity contribution < 1.29 is 14.7 Å². The van der Waals surface area contributed by atoms with Gasteiger partial charge in [-0.3, -0.25) is 14.5 Å². The molecule has 1 aliphatic heterocycles. The van der Waals surface area contributed by atoms with E-state index in [1.165, 1.54) is 16.7 Å². The maximum atomic E-state index is 12.2. The number of nitrogens with zero attached hydrogens (tertiary/aromatic N) is 1. The van der Waals surface area contributed by atoms with Crippen LogP contribution in [-0.2, 0) is 9.59 Å². The lowest BCUT2D eigenvalue weighted by Crippen LogP contribution is -2.29. The summed E-state index contributed by atoms with van der Waals surface area (Å²) in [5, 5.41) is 10.6. The molecule has 8 heteroatoms. The van der Waals surface area contributed by atoms with Gasteiger partial charge in [-0.05, 0) is 45.4 Å². The molecule has 1 amide bonds. The van der Waals surface area contributed by atoms with E-state index in [4.69, 9.17) is 17.3 Å². The second kappa shape index (κ2) is 6.84. The van der Waals surface area contributed by atoms with Crippen LogP contribution in [0, 0.1) is 0 Å². The van der Waals surface area contributed by atoms with Crippen LogP contribution in [0.5, 0.6) is 0 Å².